The van der Waals surface area contributed by atoms with Crippen LogP contribution in [0.1, 0.15) is 42.9 Å². The number of rotatable bonds is 8. The van der Waals surface area contributed by atoms with Gasteiger partial charge in [-0.2, -0.15) is 4.37 Å². The zero-order valence-corrected chi connectivity index (χ0v) is 20.5. The predicted octanol–water partition coefficient (Wildman–Crippen LogP) is 7.33. The highest BCUT2D eigenvalue weighted by molar-refractivity contribution is 7.10. The van der Waals surface area contributed by atoms with Gasteiger partial charge in [-0.1, -0.05) is 78.9 Å². The summed E-state index contributed by atoms with van der Waals surface area (Å²) in [6.07, 6.45) is -1.17. The molecule has 0 saturated heterocycles. The van der Waals surface area contributed by atoms with Gasteiger partial charge in [0.2, 0.25) is 0 Å². The first kappa shape index (κ1) is 24.2. The molecule has 1 heterocycles. The number of hydrogen-bond acceptors (Lipinski definition) is 6. The number of nitrogens with one attached hydrogen (secondary N) is 1. The number of hydrogen-bond donors (Lipinski definition) is 1. The number of aryl methyl sites for hydroxylation is 1. The summed E-state index contributed by atoms with van der Waals surface area (Å²) in [4.78, 5) is 24.0. The van der Waals surface area contributed by atoms with Crippen molar-refractivity contribution in [1.29, 1.82) is 0 Å². The first-order valence-electron chi connectivity index (χ1n) is 11.2. The van der Waals surface area contributed by atoms with Crippen molar-refractivity contribution in [3.05, 3.63) is 95.7 Å². The fraction of sp³-hybridized carbons (Fsp3) is 0.179. The van der Waals surface area contributed by atoms with Crippen LogP contribution < -0.4 is 5.32 Å². The number of aromatic nitrogens is 1. The number of amides is 1. The van der Waals surface area contributed by atoms with Crippen molar-refractivity contribution < 1.29 is 19.1 Å². The molecule has 178 valence electrons. The van der Waals surface area contributed by atoms with E-state index in [2.05, 4.69) is 9.69 Å². The van der Waals surface area contributed by atoms with Crippen LogP contribution in [0.2, 0.25) is 0 Å². The number of anilines is 1. The van der Waals surface area contributed by atoms with Crippen LogP contribution in [0.5, 0.6) is 0 Å². The van der Waals surface area contributed by atoms with Crippen molar-refractivity contribution in [3.63, 3.8) is 0 Å². The van der Waals surface area contributed by atoms with Gasteiger partial charge in [-0.25, -0.2) is 4.79 Å². The van der Waals surface area contributed by atoms with Gasteiger partial charge in [0.25, 0.3) is 6.47 Å². The van der Waals surface area contributed by atoms with Crippen LogP contribution in [-0.4, -0.2) is 16.9 Å². The van der Waals surface area contributed by atoms with Crippen molar-refractivity contribution in [2.45, 2.75) is 33.0 Å². The van der Waals surface area contributed by atoms with Crippen LogP contribution in [0.3, 0.4) is 0 Å². The third-order valence-corrected chi connectivity index (χ3v) is 6.75. The van der Waals surface area contributed by atoms with Gasteiger partial charge in [-0.05, 0) is 60.1 Å². The van der Waals surface area contributed by atoms with Crippen LogP contribution in [0, 0.1) is 6.92 Å². The standard InChI is InChI=1S/C28H26N2O4S/c1-18-26(29-28(32)34-20(3)21-7-5-4-6-8-21)27(35-30-18)25-15-13-24(14-16-25)23-11-9-22(10-12-23)19(2)33-17-31/h4-17,19-20H,1-3H3,(H,29,32)/t19-,20+/m0/s1. The first-order valence-corrected chi connectivity index (χ1v) is 12.0. The minimum Gasteiger partial charge on any atom is -0.460 e. The third-order valence-electron chi connectivity index (χ3n) is 5.76. The Bertz CT molecular complexity index is 1290. The van der Waals surface area contributed by atoms with E-state index in [9.17, 15) is 9.59 Å². The van der Waals surface area contributed by atoms with E-state index in [1.165, 1.54) is 11.5 Å². The first-order chi connectivity index (χ1) is 17.0. The number of benzene rings is 3. The molecule has 0 unspecified atom stereocenters. The van der Waals surface area contributed by atoms with E-state index in [0.717, 1.165) is 38.4 Å². The van der Waals surface area contributed by atoms with Gasteiger partial charge in [-0.3, -0.25) is 10.1 Å². The highest BCUT2D eigenvalue weighted by Gasteiger charge is 2.18. The Morgan fingerprint density at radius 2 is 1.43 bits per heavy atom. The topological polar surface area (TPSA) is 77.5 Å². The fourth-order valence-corrected chi connectivity index (χ4v) is 4.57. The molecule has 0 bridgehead atoms. The quantitative estimate of drug-likeness (QED) is 0.264. The summed E-state index contributed by atoms with van der Waals surface area (Å²) in [7, 11) is 0. The zero-order valence-electron chi connectivity index (χ0n) is 19.7. The molecule has 1 amide bonds. The van der Waals surface area contributed by atoms with Crippen molar-refractivity contribution in [2.75, 3.05) is 5.32 Å². The van der Waals surface area contributed by atoms with E-state index in [-0.39, 0.29) is 12.2 Å². The summed E-state index contributed by atoms with van der Waals surface area (Å²) >= 11 is 1.34. The molecule has 4 rings (SSSR count). The second kappa shape index (κ2) is 11.0. The van der Waals surface area contributed by atoms with E-state index in [1.807, 2.05) is 99.6 Å². The minimum atomic E-state index is -0.518. The maximum absolute atomic E-state index is 12.6. The Hall–Kier alpha value is -3.97. The highest BCUT2D eigenvalue weighted by atomic mass is 32.1. The van der Waals surface area contributed by atoms with Gasteiger partial charge in [0.05, 0.1) is 16.3 Å². The molecule has 35 heavy (non-hydrogen) atoms. The number of carbonyl (C=O) groups excluding carboxylic acids is 2. The Morgan fingerprint density at radius 1 is 0.857 bits per heavy atom. The van der Waals surface area contributed by atoms with Gasteiger partial charge in [0.15, 0.2) is 0 Å². The second-order valence-electron chi connectivity index (χ2n) is 8.13. The molecule has 0 radical (unpaired) electrons. The van der Waals surface area contributed by atoms with Crippen molar-refractivity contribution in [3.8, 4) is 21.6 Å². The summed E-state index contributed by atoms with van der Waals surface area (Å²) in [6, 6.07) is 25.6. The predicted molar refractivity (Wildman–Crippen MR) is 138 cm³/mol. The highest BCUT2D eigenvalue weighted by Crippen LogP contribution is 2.36. The lowest BCUT2D eigenvalue weighted by Gasteiger charge is -2.15. The summed E-state index contributed by atoms with van der Waals surface area (Å²) < 4.78 is 15.0. The average molecular weight is 487 g/mol. The largest absolute Gasteiger partial charge is 0.460 e. The molecule has 3 aromatic carbocycles. The molecule has 0 spiro atoms. The lowest BCUT2D eigenvalue weighted by molar-refractivity contribution is -0.133. The van der Waals surface area contributed by atoms with Crippen molar-refractivity contribution in [2.24, 2.45) is 0 Å². The fourth-order valence-electron chi connectivity index (χ4n) is 3.72. The van der Waals surface area contributed by atoms with Crippen LogP contribution in [0.4, 0.5) is 10.5 Å². The summed E-state index contributed by atoms with van der Waals surface area (Å²) in [5.41, 5.74) is 6.31. The van der Waals surface area contributed by atoms with Crippen molar-refractivity contribution >= 4 is 29.8 Å². The van der Waals surface area contributed by atoms with E-state index in [0.29, 0.717) is 12.2 Å². The average Bonchev–Trinajstić information content (AvgIpc) is 3.24. The minimum absolute atomic E-state index is 0.285. The lowest BCUT2D eigenvalue weighted by Crippen LogP contribution is -2.16. The Labute approximate surface area is 208 Å². The molecular weight excluding hydrogens is 460 g/mol. The maximum atomic E-state index is 12.6. The molecule has 7 heteroatoms. The van der Waals surface area contributed by atoms with E-state index in [1.54, 1.807) is 0 Å². The summed E-state index contributed by atoms with van der Waals surface area (Å²) in [5.74, 6) is 0. The molecule has 0 fully saturated rings. The number of nitrogens with zero attached hydrogens (tertiary/aromatic N) is 1. The zero-order chi connectivity index (χ0) is 24.8. The van der Waals surface area contributed by atoms with E-state index in [4.69, 9.17) is 9.47 Å². The second-order valence-corrected chi connectivity index (χ2v) is 8.90. The van der Waals surface area contributed by atoms with Gasteiger partial charge in [0, 0.05) is 0 Å². The lowest BCUT2D eigenvalue weighted by atomic mass is 10.0. The Balaban J connectivity index is 1.47. The Kier molecular flexibility index (Phi) is 7.57. The Morgan fingerprint density at radius 3 is 2.06 bits per heavy atom. The number of ether oxygens (including phenoxy) is 2. The van der Waals surface area contributed by atoms with Gasteiger partial charge in [0.1, 0.15) is 12.2 Å². The van der Waals surface area contributed by atoms with Crippen LogP contribution >= 0.6 is 11.5 Å². The molecule has 4 aromatic rings. The molecule has 0 saturated carbocycles. The number of carbonyl (C=O) groups is 2. The molecule has 0 aliphatic carbocycles. The molecule has 1 N–H and O–H groups in total. The van der Waals surface area contributed by atoms with Gasteiger partial charge in [-0.15, -0.1) is 0 Å². The van der Waals surface area contributed by atoms with Gasteiger partial charge >= 0.3 is 6.09 Å². The molecule has 1 aromatic heterocycles. The maximum Gasteiger partial charge on any atom is 0.412 e. The molecule has 0 aliphatic rings. The molecular formula is C28H26N2O4S. The summed E-state index contributed by atoms with van der Waals surface area (Å²) in [6.45, 7) is 6.00. The smallest absolute Gasteiger partial charge is 0.412 e. The van der Waals surface area contributed by atoms with Crippen molar-refractivity contribution in [1.82, 2.24) is 4.37 Å². The van der Waals surface area contributed by atoms with Crippen LogP contribution in [0.15, 0.2) is 78.9 Å². The molecule has 2 atom stereocenters. The SMILES string of the molecule is Cc1nsc(-c2ccc(-c3ccc([C@H](C)OC=O)cc3)cc2)c1NC(=O)O[C@H](C)c1ccccc1. The van der Waals surface area contributed by atoms with Crippen LogP contribution in [0.25, 0.3) is 21.6 Å². The normalized spacial score (nSPS) is 12.4. The molecule has 0 aliphatic heterocycles. The molecule has 6 nitrogen and oxygen atoms in total. The monoisotopic (exact) mass is 486 g/mol. The van der Waals surface area contributed by atoms with Crippen LogP contribution in [-0.2, 0) is 14.3 Å². The summed E-state index contributed by atoms with van der Waals surface area (Å²) in [5, 5.41) is 2.88. The third kappa shape index (κ3) is 5.75. The van der Waals surface area contributed by atoms with E-state index >= 15 is 0 Å². The van der Waals surface area contributed by atoms with E-state index < -0.39 is 6.09 Å². The van der Waals surface area contributed by atoms with Gasteiger partial charge < -0.3 is 9.47 Å².